The van der Waals surface area contributed by atoms with Crippen molar-refractivity contribution in [3.63, 3.8) is 0 Å². The van der Waals surface area contributed by atoms with Crippen molar-refractivity contribution < 1.29 is 9.59 Å². The van der Waals surface area contributed by atoms with Crippen molar-refractivity contribution in [1.29, 1.82) is 0 Å². The lowest BCUT2D eigenvalue weighted by Gasteiger charge is -2.37. The lowest BCUT2D eigenvalue weighted by atomic mass is 10.3. The lowest BCUT2D eigenvalue weighted by molar-refractivity contribution is -0.107. The summed E-state index contributed by atoms with van der Waals surface area (Å²) in [6.45, 7) is 1.97. The van der Waals surface area contributed by atoms with Crippen LogP contribution in [0, 0.1) is 0 Å². The van der Waals surface area contributed by atoms with Crippen LogP contribution >= 0.6 is 0 Å². The Morgan fingerprint density at radius 1 is 1.47 bits per heavy atom. The smallest absolute Gasteiger partial charge is 0.312 e. The molecule has 1 fully saturated rings. The molecule has 102 valence electrons. The number of urea groups is 1. The summed E-state index contributed by atoms with van der Waals surface area (Å²) in [5.41, 5.74) is 0.580. The second kappa shape index (κ2) is 6.31. The third-order valence-corrected chi connectivity index (χ3v) is 3.17. The summed E-state index contributed by atoms with van der Waals surface area (Å²) < 4.78 is 0. The van der Waals surface area contributed by atoms with Crippen molar-refractivity contribution in [3.05, 3.63) is 30.3 Å². The topological polar surface area (TPSA) is 64.7 Å². The van der Waals surface area contributed by atoms with Gasteiger partial charge in [-0.2, -0.15) is 0 Å². The minimum Gasteiger partial charge on any atom is -0.312 e. The number of nitrogens with zero attached hydrogens (tertiary/aromatic N) is 2. The Kier molecular flexibility index (Phi) is 4.48. The second-order valence-electron chi connectivity index (χ2n) is 4.30. The Bertz CT molecular complexity index is 438. The molecule has 1 aliphatic rings. The van der Waals surface area contributed by atoms with E-state index in [1.807, 2.05) is 6.07 Å². The van der Waals surface area contributed by atoms with E-state index in [1.165, 1.54) is 0 Å². The number of imide groups is 1. The fourth-order valence-electron chi connectivity index (χ4n) is 2.13. The first-order chi connectivity index (χ1) is 9.27. The Labute approximate surface area is 112 Å². The lowest BCUT2D eigenvalue weighted by Crippen LogP contribution is -2.61. The zero-order valence-electron chi connectivity index (χ0n) is 10.9. The number of rotatable bonds is 3. The molecule has 1 unspecified atom stereocenters. The first-order valence-electron chi connectivity index (χ1n) is 6.26. The van der Waals surface area contributed by atoms with Crippen LogP contribution in [0.3, 0.4) is 0 Å². The van der Waals surface area contributed by atoms with E-state index in [0.717, 1.165) is 11.4 Å². The van der Waals surface area contributed by atoms with E-state index in [9.17, 15) is 9.59 Å². The fraction of sp³-hybridized carbons (Fsp3) is 0.385. The third kappa shape index (κ3) is 2.91. The van der Waals surface area contributed by atoms with Gasteiger partial charge in [0, 0.05) is 19.6 Å². The first kappa shape index (κ1) is 13.5. The maximum atomic E-state index is 12.5. The molecule has 1 heterocycles. The molecule has 3 amide bonds. The molecule has 0 radical (unpaired) electrons. The number of nitrogens with one attached hydrogen (secondary N) is 2. The van der Waals surface area contributed by atoms with E-state index < -0.39 is 0 Å². The van der Waals surface area contributed by atoms with Gasteiger partial charge < -0.3 is 10.2 Å². The molecule has 2 N–H and O–H groups in total. The average molecular weight is 262 g/mol. The molecule has 6 heteroatoms. The van der Waals surface area contributed by atoms with Gasteiger partial charge in [0.25, 0.3) is 0 Å². The van der Waals surface area contributed by atoms with Crippen molar-refractivity contribution in [3.8, 4) is 0 Å². The molecule has 1 atom stereocenters. The van der Waals surface area contributed by atoms with Crippen LogP contribution < -0.4 is 15.5 Å². The zero-order valence-corrected chi connectivity index (χ0v) is 10.9. The van der Waals surface area contributed by atoms with Gasteiger partial charge in [-0.1, -0.05) is 18.2 Å². The van der Waals surface area contributed by atoms with Gasteiger partial charge in [-0.3, -0.25) is 10.1 Å². The maximum Gasteiger partial charge on any atom is 0.332 e. The van der Waals surface area contributed by atoms with Gasteiger partial charge in [0.05, 0.1) is 11.9 Å². The summed E-state index contributed by atoms with van der Waals surface area (Å²) in [7, 11) is 1.80. The Hall–Kier alpha value is -1.92. The number of benzene rings is 1. The minimum atomic E-state index is -0.304. The molecule has 0 saturated carbocycles. The zero-order chi connectivity index (χ0) is 13.7. The number of hydrogen-bond donors (Lipinski definition) is 2. The van der Waals surface area contributed by atoms with Crippen LogP contribution in [0.15, 0.2) is 30.3 Å². The number of hydrogen-bond acceptors (Lipinski definition) is 4. The largest absolute Gasteiger partial charge is 0.332 e. The summed E-state index contributed by atoms with van der Waals surface area (Å²) >= 11 is 0. The quantitative estimate of drug-likeness (QED) is 0.765. The highest BCUT2D eigenvalue weighted by Crippen LogP contribution is 2.15. The van der Waals surface area contributed by atoms with Crippen molar-refractivity contribution >= 4 is 18.1 Å². The van der Waals surface area contributed by atoms with E-state index in [0.29, 0.717) is 25.2 Å². The summed E-state index contributed by atoms with van der Waals surface area (Å²) in [5.74, 6) is 0. The Morgan fingerprint density at radius 2 is 2.21 bits per heavy atom. The second-order valence-corrected chi connectivity index (χ2v) is 4.30. The number of carbonyl (C=O) groups is 2. The van der Waals surface area contributed by atoms with Crippen LogP contribution in [0.4, 0.5) is 10.5 Å². The maximum absolute atomic E-state index is 12.5. The van der Waals surface area contributed by atoms with E-state index in [4.69, 9.17) is 0 Å². The van der Waals surface area contributed by atoms with Crippen LogP contribution in [0.2, 0.25) is 0 Å². The van der Waals surface area contributed by atoms with Crippen LogP contribution in [0.1, 0.15) is 0 Å². The number of carbonyl (C=O) groups excluding carboxylic acids is 2. The highest BCUT2D eigenvalue weighted by atomic mass is 16.2. The molecular formula is C13H18N4O2. The molecule has 1 aromatic carbocycles. The van der Waals surface area contributed by atoms with Crippen LogP contribution in [0.5, 0.6) is 0 Å². The van der Waals surface area contributed by atoms with Gasteiger partial charge in [0.2, 0.25) is 6.41 Å². The SMILES string of the molecule is CNC1CNCCN1C(=O)N(C=O)c1ccccc1. The van der Waals surface area contributed by atoms with Gasteiger partial charge >= 0.3 is 6.03 Å². The monoisotopic (exact) mass is 262 g/mol. The van der Waals surface area contributed by atoms with Gasteiger partial charge in [0.1, 0.15) is 0 Å². The molecular weight excluding hydrogens is 244 g/mol. The summed E-state index contributed by atoms with van der Waals surface area (Å²) in [6.07, 6.45) is 0.458. The molecule has 1 aromatic rings. The van der Waals surface area contributed by atoms with Gasteiger partial charge in [-0.25, -0.2) is 9.69 Å². The average Bonchev–Trinajstić information content (AvgIpc) is 2.49. The van der Waals surface area contributed by atoms with Crippen molar-refractivity contribution in [2.45, 2.75) is 6.17 Å². The summed E-state index contributed by atoms with van der Waals surface area (Å²) in [6, 6.07) is 8.62. The Morgan fingerprint density at radius 3 is 2.84 bits per heavy atom. The van der Waals surface area contributed by atoms with Crippen LogP contribution in [-0.4, -0.2) is 50.2 Å². The van der Waals surface area contributed by atoms with Crippen molar-refractivity contribution in [2.75, 3.05) is 31.6 Å². The number of anilines is 1. The molecule has 0 spiro atoms. The first-order valence-corrected chi connectivity index (χ1v) is 6.26. The fourth-order valence-corrected chi connectivity index (χ4v) is 2.13. The number of piperazine rings is 1. The van der Waals surface area contributed by atoms with E-state index in [2.05, 4.69) is 10.6 Å². The molecule has 0 bridgehead atoms. The molecule has 1 aliphatic heterocycles. The van der Waals surface area contributed by atoms with Crippen molar-refractivity contribution in [2.24, 2.45) is 0 Å². The normalized spacial score (nSPS) is 19.0. The standard InChI is InChI=1S/C13H18N4O2/c1-14-12-9-15-7-8-16(12)13(19)17(10-18)11-5-3-2-4-6-11/h2-6,10,12,14-15H,7-9H2,1H3. The molecule has 19 heavy (non-hydrogen) atoms. The van der Waals surface area contributed by atoms with Crippen LogP contribution in [0.25, 0.3) is 0 Å². The molecule has 2 rings (SSSR count). The number of amides is 3. The third-order valence-electron chi connectivity index (χ3n) is 3.17. The molecule has 6 nitrogen and oxygen atoms in total. The Balaban J connectivity index is 2.18. The van der Waals surface area contributed by atoms with Crippen molar-refractivity contribution in [1.82, 2.24) is 15.5 Å². The highest BCUT2D eigenvalue weighted by Gasteiger charge is 2.29. The van der Waals surface area contributed by atoms with Gasteiger partial charge in [-0.05, 0) is 19.2 Å². The molecule has 0 aromatic heterocycles. The number of para-hydroxylation sites is 1. The minimum absolute atomic E-state index is 0.104. The summed E-state index contributed by atoms with van der Waals surface area (Å²) in [4.78, 5) is 26.5. The highest BCUT2D eigenvalue weighted by molar-refractivity contribution is 6.06. The van der Waals surface area contributed by atoms with E-state index >= 15 is 0 Å². The summed E-state index contributed by atoms with van der Waals surface area (Å²) in [5, 5.41) is 6.27. The van der Waals surface area contributed by atoms with Crippen LogP contribution in [-0.2, 0) is 4.79 Å². The molecule has 0 aliphatic carbocycles. The van der Waals surface area contributed by atoms with E-state index in [-0.39, 0.29) is 12.2 Å². The van der Waals surface area contributed by atoms with Gasteiger partial charge in [-0.15, -0.1) is 0 Å². The number of likely N-dealkylation sites (N-methyl/N-ethyl adjacent to an activating group) is 1. The predicted molar refractivity (Wildman–Crippen MR) is 72.8 cm³/mol. The van der Waals surface area contributed by atoms with Gasteiger partial charge in [0.15, 0.2) is 0 Å². The predicted octanol–water partition coefficient (Wildman–Crippen LogP) is 0.220. The molecule has 1 saturated heterocycles. The van der Waals surface area contributed by atoms with E-state index in [1.54, 1.807) is 36.2 Å².